The predicted molar refractivity (Wildman–Crippen MR) is 316 cm³/mol. The van der Waals surface area contributed by atoms with Gasteiger partial charge in [-0.25, -0.2) is 43.5 Å². The van der Waals surface area contributed by atoms with Gasteiger partial charge in [0, 0.05) is 63.7 Å². The number of carboxylic acid groups (broad SMARTS) is 3. The Bertz CT molecular complexity index is 4430. The van der Waals surface area contributed by atoms with Crippen LogP contribution < -0.4 is 9.64 Å². The molecule has 19 nitrogen and oxygen atoms in total. The second-order valence-electron chi connectivity index (χ2n) is 19.2. The van der Waals surface area contributed by atoms with E-state index in [9.17, 15) is 23.6 Å². The smallest absolute Gasteiger partial charge is 0.337 e. The van der Waals surface area contributed by atoms with Crippen molar-refractivity contribution >= 4 is 89.9 Å². The number of esters is 1. The number of hydrogen-bond donors (Lipinski definition) is 3. The monoisotopic (exact) mass is 1210 g/mol. The first kappa shape index (κ1) is 57.7. The van der Waals surface area contributed by atoms with Crippen LogP contribution in [0.5, 0.6) is 5.75 Å². The van der Waals surface area contributed by atoms with E-state index < -0.39 is 23.7 Å². The molecule has 2 atom stereocenters. The zero-order valence-corrected chi connectivity index (χ0v) is 47.1. The lowest BCUT2D eigenvalue weighted by atomic mass is 10.1. The maximum Gasteiger partial charge on any atom is 0.337 e. The highest BCUT2D eigenvalue weighted by molar-refractivity contribution is 9.10. The van der Waals surface area contributed by atoms with Crippen LogP contribution >= 0.6 is 15.9 Å². The summed E-state index contributed by atoms with van der Waals surface area (Å²) >= 11 is 3.36. The molecule has 13 rings (SSSR count). The van der Waals surface area contributed by atoms with E-state index in [0.29, 0.717) is 73.4 Å². The van der Waals surface area contributed by atoms with Gasteiger partial charge in [-0.1, -0.05) is 34.1 Å². The number of rotatable bonds is 10. The van der Waals surface area contributed by atoms with E-state index in [1.54, 1.807) is 73.8 Å². The summed E-state index contributed by atoms with van der Waals surface area (Å²) in [4.78, 5) is 64.2. The molecule has 428 valence electrons. The molecule has 5 heterocycles. The fourth-order valence-corrected chi connectivity index (χ4v) is 9.31. The van der Waals surface area contributed by atoms with Gasteiger partial charge in [-0.15, -0.1) is 0 Å². The lowest BCUT2D eigenvalue weighted by molar-refractivity contribution is -0.00523. The largest absolute Gasteiger partial charge is 0.497 e. The van der Waals surface area contributed by atoms with Crippen molar-refractivity contribution in [1.82, 2.24) is 19.9 Å². The SMILES string of the molecule is COC(=O)c1cccc(-c2nc3ccc(N4CC(C)OC(C)C4)cc3o2)c1.COc1ccc2oc(-c3cccc(C(=O)O)c3)nc2c1.O=C(O)c1ccc2oc(-c3ccc(Br)cc3)nc2c1.O=C(O)c1cccc(-c2nc3ccc(F)cc3o2)c1. The van der Waals surface area contributed by atoms with E-state index in [1.165, 1.54) is 61.7 Å². The Kier molecular flexibility index (Phi) is 17.2. The number of carbonyl (C=O) groups excluding carboxylic acids is 1. The van der Waals surface area contributed by atoms with Crippen molar-refractivity contribution in [2.45, 2.75) is 26.1 Å². The van der Waals surface area contributed by atoms with Crippen LogP contribution in [0.3, 0.4) is 0 Å². The third-order valence-corrected chi connectivity index (χ3v) is 13.6. The molecule has 0 saturated carbocycles. The van der Waals surface area contributed by atoms with Crippen LogP contribution in [-0.2, 0) is 9.47 Å². The quantitative estimate of drug-likeness (QED) is 0.107. The Balaban J connectivity index is 0.000000128. The fourth-order valence-electron chi connectivity index (χ4n) is 9.05. The van der Waals surface area contributed by atoms with Gasteiger partial charge in [-0.05, 0) is 147 Å². The third-order valence-electron chi connectivity index (χ3n) is 13.1. The van der Waals surface area contributed by atoms with E-state index in [1.807, 2.05) is 42.5 Å². The third kappa shape index (κ3) is 13.7. The van der Waals surface area contributed by atoms with Gasteiger partial charge >= 0.3 is 23.9 Å². The van der Waals surface area contributed by atoms with Crippen molar-refractivity contribution in [3.63, 3.8) is 0 Å². The Morgan fingerprint density at radius 1 is 0.494 bits per heavy atom. The minimum absolute atomic E-state index is 0.144. The van der Waals surface area contributed by atoms with Crippen LogP contribution in [0.25, 0.3) is 90.2 Å². The molecule has 3 N–H and O–H groups in total. The molecule has 4 aromatic heterocycles. The van der Waals surface area contributed by atoms with Gasteiger partial charge in [0.25, 0.3) is 0 Å². The van der Waals surface area contributed by atoms with E-state index in [0.717, 1.165) is 45.5 Å². The van der Waals surface area contributed by atoms with E-state index >= 15 is 0 Å². The number of aromatic carboxylic acids is 3. The molecular weight excluding hydrogens is 1160 g/mol. The van der Waals surface area contributed by atoms with Crippen LogP contribution in [-0.4, -0.2) is 98.6 Å². The molecule has 21 heteroatoms. The van der Waals surface area contributed by atoms with Crippen molar-refractivity contribution in [2.75, 3.05) is 32.2 Å². The second-order valence-corrected chi connectivity index (χ2v) is 20.1. The first-order chi connectivity index (χ1) is 41.0. The molecule has 1 aliphatic rings. The number of aromatic nitrogens is 4. The summed E-state index contributed by atoms with van der Waals surface area (Å²) in [6, 6.07) is 47.4. The number of benzene rings is 8. The van der Waals surface area contributed by atoms with E-state index in [2.05, 4.69) is 60.7 Å². The normalized spacial score (nSPS) is 13.7. The number of hydrogen-bond acceptors (Lipinski definition) is 16. The fraction of sp³-hybridized carbons (Fsp3) is 0.125. The maximum absolute atomic E-state index is 13.1. The molecular formula is C64H49BrFN5O14. The standard InChI is InChI=1S/C21H22N2O4.C15H11NO4.C14H8BrNO3.C14H8FNO3/c1-13-11-23(12-14(2)26-13)17-7-8-18-19(10-17)27-20(22-18)15-5-4-6-16(9-15)21(24)25-3;1-19-11-5-6-13-12(8-11)16-14(20-13)9-3-2-4-10(7-9)15(17)18;15-10-4-1-8(2-5-10)13-16-11-7-9(14(17)18)3-6-12(11)19-13;15-10-4-5-11-12(7-10)19-13(16-11)8-2-1-3-9(6-8)14(17)18/h4-10,13-14H,11-12H2,1-3H3;2-8H,1H3,(H,17,18);2*1-7H,(H,17,18). The Hall–Kier alpha value is -10.5. The van der Waals surface area contributed by atoms with Gasteiger partial charge in [-0.2, -0.15) is 0 Å². The van der Waals surface area contributed by atoms with Crippen LogP contribution in [0.15, 0.2) is 192 Å². The minimum atomic E-state index is -1.02. The van der Waals surface area contributed by atoms with Gasteiger partial charge in [-0.3, -0.25) is 0 Å². The highest BCUT2D eigenvalue weighted by Crippen LogP contribution is 2.32. The van der Waals surface area contributed by atoms with E-state index in [4.69, 9.17) is 47.2 Å². The average molecular weight is 1210 g/mol. The zero-order valence-electron chi connectivity index (χ0n) is 45.6. The first-order valence-corrected chi connectivity index (χ1v) is 26.8. The molecule has 1 saturated heterocycles. The molecule has 2 unspecified atom stereocenters. The summed E-state index contributed by atoms with van der Waals surface area (Å²) in [5, 5.41) is 26.9. The highest BCUT2D eigenvalue weighted by Gasteiger charge is 2.24. The lowest BCUT2D eigenvalue weighted by Crippen LogP contribution is -2.45. The maximum atomic E-state index is 13.1. The number of carbonyl (C=O) groups is 4. The van der Waals surface area contributed by atoms with Gasteiger partial charge in [0.05, 0.1) is 48.7 Å². The first-order valence-electron chi connectivity index (χ1n) is 26.0. The Morgan fingerprint density at radius 2 is 0.953 bits per heavy atom. The summed E-state index contributed by atoms with van der Waals surface area (Å²) in [5.41, 5.74) is 9.61. The topological polar surface area (TPSA) is 264 Å². The predicted octanol–water partition coefficient (Wildman–Crippen LogP) is 14.4. The van der Waals surface area contributed by atoms with Gasteiger partial charge in [0.1, 0.15) is 33.6 Å². The van der Waals surface area contributed by atoms with Crippen molar-refractivity contribution in [1.29, 1.82) is 0 Å². The number of fused-ring (bicyclic) bond motifs is 4. The molecule has 0 spiro atoms. The molecule has 1 aliphatic heterocycles. The molecule has 0 aliphatic carbocycles. The summed E-state index contributed by atoms with van der Waals surface area (Å²) in [7, 11) is 2.95. The Labute approximate surface area is 490 Å². The lowest BCUT2D eigenvalue weighted by Gasteiger charge is -2.36. The van der Waals surface area contributed by atoms with Crippen LogP contribution in [0.2, 0.25) is 0 Å². The van der Waals surface area contributed by atoms with Gasteiger partial charge in [0.2, 0.25) is 23.6 Å². The number of oxazole rings is 4. The molecule has 0 amide bonds. The zero-order chi connectivity index (χ0) is 59.9. The summed E-state index contributed by atoms with van der Waals surface area (Å²) < 4.78 is 52.4. The average Bonchev–Trinajstić information content (AvgIpc) is 4.43. The van der Waals surface area contributed by atoms with Crippen molar-refractivity contribution < 1.29 is 70.8 Å². The molecule has 85 heavy (non-hydrogen) atoms. The number of carboxylic acids is 3. The molecule has 1 fully saturated rings. The van der Waals surface area contributed by atoms with Crippen molar-refractivity contribution in [3.05, 3.63) is 202 Å². The molecule has 0 radical (unpaired) electrons. The molecule has 8 aromatic carbocycles. The number of halogens is 2. The van der Waals surface area contributed by atoms with Crippen molar-refractivity contribution in [3.8, 4) is 51.6 Å². The van der Waals surface area contributed by atoms with Crippen molar-refractivity contribution in [2.24, 2.45) is 0 Å². The van der Waals surface area contributed by atoms with Crippen LogP contribution in [0.1, 0.15) is 55.3 Å². The number of morpholine rings is 1. The van der Waals surface area contributed by atoms with Crippen LogP contribution in [0, 0.1) is 5.82 Å². The number of methoxy groups -OCH3 is 2. The van der Waals surface area contributed by atoms with E-state index in [-0.39, 0.29) is 40.8 Å². The second kappa shape index (κ2) is 25.3. The van der Waals surface area contributed by atoms with Gasteiger partial charge < -0.3 is 52.1 Å². The minimum Gasteiger partial charge on any atom is -0.497 e. The number of ether oxygens (including phenoxy) is 3. The summed E-state index contributed by atoms with van der Waals surface area (Å²) in [6.45, 7) is 5.86. The Morgan fingerprint density at radius 3 is 1.49 bits per heavy atom. The highest BCUT2D eigenvalue weighted by atomic mass is 79.9. The number of anilines is 1. The molecule has 0 bridgehead atoms. The summed E-state index contributed by atoms with van der Waals surface area (Å²) in [5.74, 6) is -1.47. The number of nitrogens with zero attached hydrogens (tertiary/aromatic N) is 5. The summed E-state index contributed by atoms with van der Waals surface area (Å²) in [6.07, 6.45) is 0.381. The van der Waals surface area contributed by atoms with Crippen LogP contribution in [0.4, 0.5) is 10.1 Å². The van der Waals surface area contributed by atoms with Gasteiger partial charge in [0.15, 0.2) is 22.3 Å². The molecule has 12 aromatic rings.